The molecule has 2 unspecified atom stereocenters. The third kappa shape index (κ3) is 2.52. The first-order valence-electron chi connectivity index (χ1n) is 6.88. The molecule has 1 aliphatic heterocycles. The molecule has 3 nitrogen and oxygen atoms in total. The van der Waals surface area contributed by atoms with E-state index >= 15 is 0 Å². The van der Waals surface area contributed by atoms with Crippen molar-refractivity contribution in [3.05, 3.63) is 35.9 Å². The molecule has 0 saturated carbocycles. The molecular formula is C16H23NO2. The largest absolute Gasteiger partial charge is 0.469 e. The van der Waals surface area contributed by atoms with Crippen molar-refractivity contribution in [3.8, 4) is 0 Å². The van der Waals surface area contributed by atoms with Crippen LogP contribution in [0.5, 0.6) is 0 Å². The molecule has 1 aromatic carbocycles. The van der Waals surface area contributed by atoms with Crippen molar-refractivity contribution < 1.29 is 9.53 Å². The molecule has 0 amide bonds. The van der Waals surface area contributed by atoms with Crippen LogP contribution in [0.15, 0.2) is 30.3 Å². The molecule has 1 heterocycles. The highest BCUT2D eigenvalue weighted by molar-refractivity contribution is 5.74. The Morgan fingerprint density at radius 2 is 2.00 bits per heavy atom. The Morgan fingerprint density at radius 1 is 1.37 bits per heavy atom. The fourth-order valence-corrected chi connectivity index (χ4v) is 3.26. The molecule has 0 bridgehead atoms. The van der Waals surface area contributed by atoms with Crippen molar-refractivity contribution in [1.82, 2.24) is 4.90 Å². The highest BCUT2D eigenvalue weighted by atomic mass is 16.5. The summed E-state index contributed by atoms with van der Waals surface area (Å²) in [7, 11) is 1.47. The number of rotatable bonds is 3. The predicted molar refractivity (Wildman–Crippen MR) is 75.8 cm³/mol. The number of likely N-dealkylation sites (tertiary alicyclic amines) is 1. The number of hydrogen-bond acceptors (Lipinski definition) is 3. The van der Waals surface area contributed by atoms with E-state index in [1.807, 2.05) is 6.07 Å². The van der Waals surface area contributed by atoms with E-state index in [2.05, 4.69) is 49.9 Å². The minimum atomic E-state index is -0.164. The van der Waals surface area contributed by atoms with Crippen molar-refractivity contribution in [2.45, 2.75) is 38.8 Å². The molecule has 2 atom stereocenters. The van der Waals surface area contributed by atoms with Crippen LogP contribution < -0.4 is 0 Å². The molecule has 0 radical (unpaired) electrons. The molecule has 0 spiro atoms. The lowest BCUT2D eigenvalue weighted by Crippen LogP contribution is -2.46. The first-order valence-corrected chi connectivity index (χ1v) is 6.88. The maximum atomic E-state index is 11.9. The number of methoxy groups -OCH3 is 1. The average Bonchev–Trinajstić information content (AvgIpc) is 2.73. The lowest BCUT2D eigenvalue weighted by atomic mass is 9.87. The molecule has 0 aromatic heterocycles. The van der Waals surface area contributed by atoms with Crippen molar-refractivity contribution in [2.75, 3.05) is 13.7 Å². The number of hydrogen-bond donors (Lipinski definition) is 0. The van der Waals surface area contributed by atoms with Crippen LogP contribution in [0.3, 0.4) is 0 Å². The predicted octanol–water partition coefficient (Wildman–Crippen LogP) is 3.02. The summed E-state index contributed by atoms with van der Waals surface area (Å²) in [5.74, 6) is -0.128. The van der Waals surface area contributed by atoms with E-state index in [0.29, 0.717) is 6.04 Å². The monoisotopic (exact) mass is 261 g/mol. The van der Waals surface area contributed by atoms with E-state index in [0.717, 1.165) is 13.0 Å². The second kappa shape index (κ2) is 5.33. The SMILES string of the molecule is COC(=O)C1CCN(C(C)c2ccccc2)C1(C)C. The number of carbonyl (C=O) groups excluding carboxylic acids is 1. The van der Waals surface area contributed by atoms with E-state index in [4.69, 9.17) is 4.74 Å². The maximum Gasteiger partial charge on any atom is 0.310 e. The van der Waals surface area contributed by atoms with Gasteiger partial charge in [-0.2, -0.15) is 0 Å². The molecule has 1 fully saturated rings. The highest BCUT2D eigenvalue weighted by Gasteiger charge is 2.47. The fraction of sp³-hybridized carbons (Fsp3) is 0.562. The van der Waals surface area contributed by atoms with Gasteiger partial charge < -0.3 is 4.74 Å². The van der Waals surface area contributed by atoms with Crippen LogP contribution >= 0.6 is 0 Å². The normalized spacial score (nSPS) is 24.1. The van der Waals surface area contributed by atoms with Crippen LogP contribution in [0.4, 0.5) is 0 Å². The number of nitrogens with zero attached hydrogens (tertiary/aromatic N) is 1. The zero-order valence-electron chi connectivity index (χ0n) is 12.2. The summed E-state index contributed by atoms with van der Waals surface area (Å²) < 4.78 is 4.94. The van der Waals surface area contributed by atoms with Gasteiger partial charge in [-0.3, -0.25) is 9.69 Å². The van der Waals surface area contributed by atoms with Gasteiger partial charge in [-0.15, -0.1) is 0 Å². The Balaban J connectivity index is 2.21. The first-order chi connectivity index (χ1) is 8.98. The van der Waals surface area contributed by atoms with Gasteiger partial charge in [0.15, 0.2) is 0 Å². The Bertz CT molecular complexity index is 441. The minimum absolute atomic E-state index is 0.0383. The van der Waals surface area contributed by atoms with Gasteiger partial charge in [-0.25, -0.2) is 0 Å². The van der Waals surface area contributed by atoms with E-state index in [1.54, 1.807) is 0 Å². The molecule has 19 heavy (non-hydrogen) atoms. The summed E-state index contributed by atoms with van der Waals surface area (Å²) in [6.07, 6.45) is 0.872. The van der Waals surface area contributed by atoms with Crippen LogP contribution in [0.1, 0.15) is 38.8 Å². The smallest absolute Gasteiger partial charge is 0.310 e. The Morgan fingerprint density at radius 3 is 2.58 bits per heavy atom. The molecule has 1 aliphatic rings. The molecule has 1 aromatic rings. The third-order valence-corrected chi connectivity index (χ3v) is 4.49. The Hall–Kier alpha value is -1.35. The third-order valence-electron chi connectivity index (χ3n) is 4.49. The molecule has 0 N–H and O–H groups in total. The van der Waals surface area contributed by atoms with Crippen LogP contribution in [-0.2, 0) is 9.53 Å². The molecule has 104 valence electrons. The fourth-order valence-electron chi connectivity index (χ4n) is 3.26. The summed E-state index contributed by atoms with van der Waals surface area (Å²) in [6, 6.07) is 10.8. The summed E-state index contributed by atoms with van der Waals surface area (Å²) in [4.78, 5) is 14.3. The number of carbonyl (C=O) groups is 1. The van der Waals surface area contributed by atoms with Crippen LogP contribution in [-0.4, -0.2) is 30.1 Å². The number of benzene rings is 1. The second-order valence-corrected chi connectivity index (χ2v) is 5.80. The van der Waals surface area contributed by atoms with E-state index in [-0.39, 0.29) is 17.4 Å². The van der Waals surface area contributed by atoms with Crippen molar-refractivity contribution >= 4 is 5.97 Å². The summed E-state index contributed by atoms with van der Waals surface area (Å²) in [6.45, 7) is 7.42. The van der Waals surface area contributed by atoms with Crippen molar-refractivity contribution in [1.29, 1.82) is 0 Å². The quantitative estimate of drug-likeness (QED) is 0.783. The standard InChI is InChI=1S/C16H23NO2/c1-12(13-8-6-5-7-9-13)17-11-10-14(15(18)19-4)16(17,2)3/h5-9,12,14H,10-11H2,1-4H3. The first kappa shape index (κ1) is 14.1. The van der Waals surface area contributed by atoms with Gasteiger partial charge in [-0.1, -0.05) is 30.3 Å². The maximum absolute atomic E-state index is 11.9. The van der Waals surface area contributed by atoms with Crippen LogP contribution in [0.25, 0.3) is 0 Å². The van der Waals surface area contributed by atoms with Crippen LogP contribution in [0.2, 0.25) is 0 Å². The number of ether oxygens (including phenoxy) is 1. The molecule has 1 saturated heterocycles. The molecule has 3 heteroatoms. The molecular weight excluding hydrogens is 238 g/mol. The lowest BCUT2D eigenvalue weighted by Gasteiger charge is -2.39. The Kier molecular flexibility index (Phi) is 3.95. The second-order valence-electron chi connectivity index (χ2n) is 5.80. The summed E-state index contributed by atoms with van der Waals surface area (Å²) in [5.41, 5.74) is 1.13. The van der Waals surface area contributed by atoms with E-state index in [9.17, 15) is 4.79 Å². The van der Waals surface area contributed by atoms with Gasteiger partial charge in [0.1, 0.15) is 0 Å². The van der Waals surface area contributed by atoms with Gasteiger partial charge in [0.2, 0.25) is 0 Å². The summed E-state index contributed by atoms with van der Waals surface area (Å²) >= 11 is 0. The van der Waals surface area contributed by atoms with Crippen molar-refractivity contribution in [2.24, 2.45) is 5.92 Å². The summed E-state index contributed by atoms with van der Waals surface area (Å²) in [5, 5.41) is 0. The molecule has 0 aliphatic carbocycles. The minimum Gasteiger partial charge on any atom is -0.469 e. The van der Waals surface area contributed by atoms with E-state index < -0.39 is 0 Å². The number of esters is 1. The van der Waals surface area contributed by atoms with Gasteiger partial charge >= 0.3 is 5.97 Å². The van der Waals surface area contributed by atoms with Crippen LogP contribution in [0, 0.1) is 5.92 Å². The lowest BCUT2D eigenvalue weighted by molar-refractivity contribution is -0.148. The zero-order valence-corrected chi connectivity index (χ0v) is 12.2. The van der Waals surface area contributed by atoms with E-state index in [1.165, 1.54) is 12.7 Å². The van der Waals surface area contributed by atoms with Gasteiger partial charge in [0, 0.05) is 18.1 Å². The van der Waals surface area contributed by atoms with Gasteiger partial charge in [0.25, 0.3) is 0 Å². The van der Waals surface area contributed by atoms with Crippen molar-refractivity contribution in [3.63, 3.8) is 0 Å². The Labute approximate surface area is 115 Å². The van der Waals surface area contributed by atoms with Gasteiger partial charge in [0.05, 0.1) is 13.0 Å². The highest BCUT2D eigenvalue weighted by Crippen LogP contribution is 2.40. The molecule has 2 rings (SSSR count). The van der Waals surface area contributed by atoms with Gasteiger partial charge in [-0.05, 0) is 32.8 Å². The zero-order chi connectivity index (χ0) is 14.0. The topological polar surface area (TPSA) is 29.5 Å². The average molecular weight is 261 g/mol.